The first-order valence-electron chi connectivity index (χ1n) is 30.4. The highest BCUT2D eigenvalue weighted by molar-refractivity contribution is 14.1. The Balaban J connectivity index is 0.000000157. The van der Waals surface area contributed by atoms with Crippen LogP contribution in [-0.4, -0.2) is 7.11 Å². The molecule has 14 aromatic rings. The molecule has 0 aliphatic rings. The lowest BCUT2D eigenvalue weighted by Crippen LogP contribution is -2.13. The van der Waals surface area contributed by atoms with Gasteiger partial charge >= 0.3 is 0 Å². The maximum absolute atomic E-state index is 5.56. The molecule has 0 saturated heterocycles. The standard InChI is InChI=1S/C43H33NO.C36H27N.C7H7I/c1-45-40-28-26-39(27-29-40)44(38-24-22-34(23-25-38)32-14-6-2-7-15-32)43-41(35-18-10-4-11-19-35)30-37(33-16-8-3-9-17-33)31-42(43)36-20-12-5-13-21-36;1-5-13-27(14-6-1)29-21-23-33(24-22-29)37-36-34(30-17-9-3-10-18-30)25-32(28-15-7-2-8-16-28)26-35(36)31-19-11-4-12-20-31;1-6-2-4-7(8)5-3-6/h2-31H,1H3;1-26,37H;2-5H,1H3. The summed E-state index contributed by atoms with van der Waals surface area (Å²) in [6.45, 7) is 2.09. The minimum Gasteiger partial charge on any atom is -0.497 e. The number of aryl methyl sites for hydroxylation is 1. The molecular formula is C86H67IN2O. The van der Waals surface area contributed by atoms with E-state index in [-0.39, 0.29) is 0 Å². The van der Waals surface area contributed by atoms with E-state index < -0.39 is 0 Å². The Kier molecular flexibility index (Phi) is 19.4. The van der Waals surface area contributed by atoms with Gasteiger partial charge in [-0.2, -0.15) is 0 Å². The molecule has 0 spiro atoms. The molecular weight excluding hydrogens is 1200 g/mol. The van der Waals surface area contributed by atoms with Crippen molar-refractivity contribution < 1.29 is 4.74 Å². The average molecular weight is 1270 g/mol. The van der Waals surface area contributed by atoms with Crippen LogP contribution in [0.25, 0.3) is 89.0 Å². The van der Waals surface area contributed by atoms with Crippen molar-refractivity contribution in [1.82, 2.24) is 0 Å². The van der Waals surface area contributed by atoms with Gasteiger partial charge in [-0.3, -0.25) is 0 Å². The number of hydrogen-bond acceptors (Lipinski definition) is 3. The van der Waals surface area contributed by atoms with Gasteiger partial charge < -0.3 is 15.0 Å². The predicted molar refractivity (Wildman–Crippen MR) is 391 cm³/mol. The summed E-state index contributed by atoms with van der Waals surface area (Å²) in [6.07, 6.45) is 0. The summed E-state index contributed by atoms with van der Waals surface area (Å²) in [5, 5.41) is 3.80. The molecule has 0 bridgehead atoms. The smallest absolute Gasteiger partial charge is 0.119 e. The fourth-order valence-corrected chi connectivity index (χ4v) is 11.6. The molecule has 0 amide bonds. The Bertz CT molecular complexity index is 4370. The molecule has 0 fully saturated rings. The van der Waals surface area contributed by atoms with E-state index in [0.29, 0.717) is 0 Å². The molecule has 4 heteroatoms. The first kappa shape index (κ1) is 59.5. The summed E-state index contributed by atoms with van der Waals surface area (Å²) in [7, 11) is 1.71. The summed E-state index contributed by atoms with van der Waals surface area (Å²) < 4.78 is 6.86. The highest BCUT2D eigenvalue weighted by Crippen LogP contribution is 2.49. The van der Waals surface area contributed by atoms with Crippen LogP contribution in [0.1, 0.15) is 5.56 Å². The Morgan fingerprint density at radius 2 is 0.556 bits per heavy atom. The van der Waals surface area contributed by atoms with Crippen molar-refractivity contribution in [3.05, 3.63) is 373 Å². The van der Waals surface area contributed by atoms with Crippen molar-refractivity contribution in [1.29, 1.82) is 0 Å². The molecule has 1 N–H and O–H groups in total. The summed E-state index contributed by atoms with van der Waals surface area (Å²) in [5.74, 6) is 0.823. The van der Waals surface area contributed by atoms with E-state index in [0.717, 1.165) is 56.4 Å². The molecule has 14 rings (SSSR count). The molecule has 0 unspecified atom stereocenters. The number of hydrogen-bond donors (Lipinski definition) is 1. The Morgan fingerprint density at radius 3 is 0.889 bits per heavy atom. The van der Waals surface area contributed by atoms with Gasteiger partial charge in [-0.1, -0.05) is 285 Å². The lowest BCUT2D eigenvalue weighted by Gasteiger charge is -2.31. The van der Waals surface area contributed by atoms with Crippen LogP contribution >= 0.6 is 22.6 Å². The van der Waals surface area contributed by atoms with E-state index in [1.54, 1.807) is 7.11 Å². The molecule has 3 nitrogen and oxygen atoms in total. The van der Waals surface area contributed by atoms with E-state index in [1.807, 2.05) is 12.1 Å². The Hall–Kier alpha value is -10.8. The van der Waals surface area contributed by atoms with Gasteiger partial charge in [0.25, 0.3) is 0 Å². The van der Waals surface area contributed by atoms with Gasteiger partial charge in [-0.25, -0.2) is 0 Å². The van der Waals surface area contributed by atoms with Crippen LogP contribution in [0.2, 0.25) is 0 Å². The zero-order valence-corrected chi connectivity index (χ0v) is 52.5. The third-order valence-corrected chi connectivity index (χ3v) is 16.6. The van der Waals surface area contributed by atoms with Crippen molar-refractivity contribution in [2.24, 2.45) is 0 Å². The molecule has 0 aliphatic carbocycles. The first-order valence-corrected chi connectivity index (χ1v) is 31.4. The zero-order valence-electron chi connectivity index (χ0n) is 50.4. The largest absolute Gasteiger partial charge is 0.497 e. The molecule has 0 saturated carbocycles. The van der Waals surface area contributed by atoms with Gasteiger partial charge in [0, 0.05) is 42.9 Å². The number of rotatable bonds is 14. The summed E-state index contributed by atoms with van der Waals surface area (Å²) in [5.41, 5.74) is 25.6. The second-order valence-electron chi connectivity index (χ2n) is 21.9. The second-order valence-corrected chi connectivity index (χ2v) is 23.1. The quantitative estimate of drug-likeness (QED) is 0.110. The Morgan fingerprint density at radius 1 is 0.278 bits per heavy atom. The fraction of sp³-hybridized carbons (Fsp3) is 0.0233. The van der Waals surface area contributed by atoms with E-state index >= 15 is 0 Å². The van der Waals surface area contributed by atoms with E-state index in [4.69, 9.17) is 4.74 Å². The number of halogens is 1. The van der Waals surface area contributed by atoms with E-state index in [9.17, 15) is 0 Å². The van der Waals surface area contributed by atoms with E-state index in [2.05, 4.69) is 392 Å². The first-order chi connectivity index (χ1) is 44.4. The molecule has 0 heterocycles. The lowest BCUT2D eigenvalue weighted by atomic mass is 9.89. The maximum Gasteiger partial charge on any atom is 0.119 e. The summed E-state index contributed by atoms with van der Waals surface area (Å²) in [6, 6.07) is 129. The third kappa shape index (κ3) is 14.6. The molecule has 90 heavy (non-hydrogen) atoms. The van der Waals surface area contributed by atoms with Crippen molar-refractivity contribution in [2.45, 2.75) is 6.92 Å². The minimum atomic E-state index is 0.823. The highest BCUT2D eigenvalue weighted by atomic mass is 127. The zero-order chi connectivity index (χ0) is 61.3. The second kappa shape index (κ2) is 29.3. The van der Waals surface area contributed by atoms with Crippen molar-refractivity contribution in [3.63, 3.8) is 0 Å². The molecule has 14 aromatic carbocycles. The molecule has 434 valence electrons. The van der Waals surface area contributed by atoms with Crippen molar-refractivity contribution in [2.75, 3.05) is 17.3 Å². The van der Waals surface area contributed by atoms with Crippen molar-refractivity contribution >= 4 is 51.0 Å². The van der Waals surface area contributed by atoms with Crippen LogP contribution in [0.5, 0.6) is 5.75 Å². The van der Waals surface area contributed by atoms with Crippen LogP contribution in [-0.2, 0) is 0 Å². The van der Waals surface area contributed by atoms with Gasteiger partial charge in [0.05, 0.1) is 18.5 Å². The highest BCUT2D eigenvalue weighted by Gasteiger charge is 2.24. The fourth-order valence-electron chi connectivity index (χ4n) is 11.2. The van der Waals surface area contributed by atoms with Gasteiger partial charge in [0.2, 0.25) is 0 Å². The van der Waals surface area contributed by atoms with Gasteiger partial charge in [0.1, 0.15) is 5.75 Å². The SMILES string of the molecule is COc1ccc(N(c2ccc(-c3ccccc3)cc2)c2c(-c3ccccc3)cc(-c3ccccc3)cc2-c2ccccc2)cc1.Cc1ccc(I)cc1.c1ccc(-c2ccc(Nc3c(-c4ccccc4)cc(-c4ccccc4)cc3-c3ccccc3)cc2)cc1. The topological polar surface area (TPSA) is 24.5 Å². The van der Waals surface area contributed by atoms with Crippen LogP contribution < -0.4 is 15.0 Å². The maximum atomic E-state index is 5.56. The molecule has 0 aliphatic heterocycles. The van der Waals surface area contributed by atoms with Gasteiger partial charge in [-0.15, -0.1) is 0 Å². The number of nitrogens with zero attached hydrogens (tertiary/aromatic N) is 1. The average Bonchev–Trinajstić information content (AvgIpc) is 0.853. The molecule has 0 radical (unpaired) electrons. The third-order valence-electron chi connectivity index (χ3n) is 15.9. The Labute approximate surface area is 544 Å². The van der Waals surface area contributed by atoms with Gasteiger partial charge in [-0.05, 0) is 181 Å². The van der Waals surface area contributed by atoms with E-state index in [1.165, 1.54) is 75.9 Å². The van der Waals surface area contributed by atoms with Crippen LogP contribution in [0.15, 0.2) is 364 Å². The lowest BCUT2D eigenvalue weighted by molar-refractivity contribution is 0.415. The number of ether oxygens (including phenoxy) is 1. The number of methoxy groups -OCH3 is 1. The van der Waals surface area contributed by atoms with Crippen LogP contribution in [0, 0.1) is 10.5 Å². The van der Waals surface area contributed by atoms with Crippen LogP contribution in [0.3, 0.4) is 0 Å². The number of anilines is 5. The number of nitrogens with one attached hydrogen (secondary N) is 1. The van der Waals surface area contributed by atoms with Crippen LogP contribution in [0.4, 0.5) is 28.4 Å². The summed E-state index contributed by atoms with van der Waals surface area (Å²) >= 11 is 2.30. The normalized spacial score (nSPS) is 10.6. The van der Waals surface area contributed by atoms with Crippen molar-refractivity contribution in [3.8, 4) is 94.8 Å². The molecule has 0 atom stereocenters. The molecule has 0 aromatic heterocycles. The minimum absolute atomic E-state index is 0.823. The summed E-state index contributed by atoms with van der Waals surface area (Å²) in [4.78, 5) is 2.38. The number of benzene rings is 14. The predicted octanol–water partition coefficient (Wildman–Crippen LogP) is 24.5. The monoisotopic (exact) mass is 1270 g/mol. The van der Waals surface area contributed by atoms with Gasteiger partial charge in [0.15, 0.2) is 0 Å².